The molecule has 1 fully saturated rings. The molecule has 2 N–H and O–H groups in total. The number of carbonyl (C=O) groups is 1. The highest BCUT2D eigenvalue weighted by Crippen LogP contribution is 2.31. The fourth-order valence-electron chi connectivity index (χ4n) is 3.74. The summed E-state index contributed by atoms with van der Waals surface area (Å²) in [5.41, 5.74) is 1.89. The quantitative estimate of drug-likeness (QED) is 0.651. The second-order valence-corrected chi connectivity index (χ2v) is 7.45. The van der Waals surface area contributed by atoms with E-state index in [0.29, 0.717) is 35.3 Å². The van der Waals surface area contributed by atoms with Gasteiger partial charge in [0.25, 0.3) is 0 Å². The number of nitrogens with zero attached hydrogens (tertiary/aromatic N) is 5. The van der Waals surface area contributed by atoms with Gasteiger partial charge in [-0.25, -0.2) is 9.97 Å². The Bertz CT molecular complexity index is 1190. The molecule has 1 unspecified atom stereocenters. The number of methoxy groups -OCH3 is 1. The minimum Gasteiger partial charge on any atom is -0.497 e. The molecule has 3 heterocycles. The zero-order valence-electron chi connectivity index (χ0n) is 17.6. The first kappa shape index (κ1) is 20.3. The molecule has 1 aromatic carbocycles. The second-order valence-electron chi connectivity index (χ2n) is 7.45. The van der Waals surface area contributed by atoms with Gasteiger partial charge in [-0.2, -0.15) is 10.2 Å². The van der Waals surface area contributed by atoms with Crippen LogP contribution in [0.2, 0.25) is 0 Å². The van der Waals surface area contributed by atoms with E-state index in [2.05, 4.69) is 31.6 Å². The van der Waals surface area contributed by atoms with Crippen LogP contribution >= 0.6 is 0 Å². The lowest BCUT2D eigenvalue weighted by atomic mass is 10.2. The Kier molecular flexibility index (Phi) is 5.54. The summed E-state index contributed by atoms with van der Waals surface area (Å²) in [5, 5.41) is 16.2. The standard InChI is InChI=1S/C22H23N7O2/c1-13-15(11-23)4-7-20(24-13)27-22-26-19-10-17(31-3)5-6-18(19)21(28-22)29-9-8-16(12-29)25-14(2)30/h4-7,10,16H,8-9,12H2,1-3H3,(H,25,30)(H,24,26,27,28). The molecule has 9 nitrogen and oxygen atoms in total. The Morgan fingerprint density at radius 3 is 2.81 bits per heavy atom. The third kappa shape index (κ3) is 4.33. The zero-order chi connectivity index (χ0) is 22.0. The van der Waals surface area contributed by atoms with Gasteiger partial charge in [0.05, 0.1) is 23.9 Å². The topological polar surface area (TPSA) is 116 Å². The number of aromatic nitrogens is 3. The number of fused-ring (bicyclic) bond motifs is 1. The van der Waals surface area contributed by atoms with Crippen LogP contribution in [0.25, 0.3) is 10.9 Å². The minimum absolute atomic E-state index is 0.0336. The lowest BCUT2D eigenvalue weighted by molar-refractivity contribution is -0.119. The van der Waals surface area contributed by atoms with Crippen LogP contribution in [0.3, 0.4) is 0 Å². The van der Waals surface area contributed by atoms with Crippen LogP contribution in [0, 0.1) is 18.3 Å². The van der Waals surface area contributed by atoms with Crippen molar-refractivity contribution in [3.8, 4) is 11.8 Å². The van der Waals surface area contributed by atoms with E-state index in [9.17, 15) is 4.79 Å². The van der Waals surface area contributed by atoms with Crippen molar-refractivity contribution in [3.05, 3.63) is 41.6 Å². The molecule has 1 saturated heterocycles. The summed E-state index contributed by atoms with van der Waals surface area (Å²) in [4.78, 5) is 27.4. The molecule has 0 saturated carbocycles. The van der Waals surface area contributed by atoms with E-state index in [1.807, 2.05) is 18.2 Å². The van der Waals surface area contributed by atoms with Gasteiger partial charge < -0.3 is 20.3 Å². The summed E-state index contributed by atoms with van der Waals surface area (Å²) in [6.45, 7) is 4.76. The van der Waals surface area contributed by atoms with E-state index in [1.165, 1.54) is 6.92 Å². The second kappa shape index (κ2) is 8.44. The molecule has 1 aliphatic rings. The number of amides is 1. The molecule has 3 aromatic rings. The van der Waals surface area contributed by atoms with E-state index >= 15 is 0 Å². The zero-order valence-corrected chi connectivity index (χ0v) is 17.6. The average molecular weight is 417 g/mol. The molecule has 31 heavy (non-hydrogen) atoms. The van der Waals surface area contributed by atoms with Gasteiger partial charge >= 0.3 is 0 Å². The number of pyridine rings is 1. The van der Waals surface area contributed by atoms with Crippen LogP contribution in [-0.4, -0.2) is 47.1 Å². The summed E-state index contributed by atoms with van der Waals surface area (Å²) >= 11 is 0. The van der Waals surface area contributed by atoms with Gasteiger partial charge in [-0.1, -0.05) is 0 Å². The highest BCUT2D eigenvalue weighted by Gasteiger charge is 2.26. The number of ether oxygens (including phenoxy) is 1. The predicted octanol–water partition coefficient (Wildman–Crippen LogP) is 2.67. The maximum atomic E-state index is 11.5. The van der Waals surface area contributed by atoms with Crippen LogP contribution in [0.15, 0.2) is 30.3 Å². The number of nitriles is 1. The molecular weight excluding hydrogens is 394 g/mol. The van der Waals surface area contributed by atoms with Gasteiger partial charge in [-0.05, 0) is 37.6 Å². The minimum atomic E-state index is -0.0336. The molecule has 9 heteroatoms. The molecule has 2 aromatic heterocycles. The maximum Gasteiger partial charge on any atom is 0.230 e. The van der Waals surface area contributed by atoms with Crippen molar-refractivity contribution in [1.82, 2.24) is 20.3 Å². The van der Waals surface area contributed by atoms with Gasteiger partial charge in [0.15, 0.2) is 0 Å². The van der Waals surface area contributed by atoms with E-state index < -0.39 is 0 Å². The summed E-state index contributed by atoms with van der Waals surface area (Å²) in [6.07, 6.45) is 0.848. The maximum absolute atomic E-state index is 11.5. The molecule has 0 aliphatic carbocycles. The van der Waals surface area contributed by atoms with Crippen molar-refractivity contribution in [2.24, 2.45) is 0 Å². The predicted molar refractivity (Wildman–Crippen MR) is 117 cm³/mol. The van der Waals surface area contributed by atoms with Crippen molar-refractivity contribution in [1.29, 1.82) is 5.26 Å². The summed E-state index contributed by atoms with van der Waals surface area (Å²) in [7, 11) is 1.62. The molecular formula is C22H23N7O2. The molecule has 1 atom stereocenters. The van der Waals surface area contributed by atoms with Crippen LogP contribution in [0.1, 0.15) is 24.6 Å². The number of nitrogens with one attached hydrogen (secondary N) is 2. The largest absolute Gasteiger partial charge is 0.497 e. The third-order valence-corrected chi connectivity index (χ3v) is 5.23. The van der Waals surface area contributed by atoms with Crippen LogP contribution < -0.4 is 20.3 Å². The Hall–Kier alpha value is -3.93. The lowest BCUT2D eigenvalue weighted by Gasteiger charge is -2.20. The van der Waals surface area contributed by atoms with Gasteiger partial charge in [-0.15, -0.1) is 0 Å². The summed E-state index contributed by atoms with van der Waals surface area (Å²) < 4.78 is 5.36. The van der Waals surface area contributed by atoms with Crippen molar-refractivity contribution >= 4 is 34.4 Å². The van der Waals surface area contributed by atoms with Gasteiger partial charge in [0.2, 0.25) is 11.9 Å². The molecule has 158 valence electrons. The van der Waals surface area contributed by atoms with Crippen molar-refractivity contribution in [2.45, 2.75) is 26.3 Å². The SMILES string of the molecule is COc1ccc2c(N3CCC(NC(C)=O)C3)nc(Nc3ccc(C#N)c(C)n3)nc2c1. The van der Waals surface area contributed by atoms with Crippen LogP contribution in [-0.2, 0) is 4.79 Å². The fraction of sp³-hybridized carbons (Fsp3) is 0.318. The lowest BCUT2D eigenvalue weighted by Crippen LogP contribution is -2.35. The Morgan fingerprint density at radius 2 is 2.10 bits per heavy atom. The van der Waals surface area contributed by atoms with E-state index in [1.54, 1.807) is 26.2 Å². The van der Waals surface area contributed by atoms with E-state index in [4.69, 9.17) is 15.0 Å². The van der Waals surface area contributed by atoms with Crippen LogP contribution in [0.5, 0.6) is 5.75 Å². The van der Waals surface area contributed by atoms with Gasteiger partial charge in [0.1, 0.15) is 23.5 Å². The number of rotatable bonds is 5. The highest BCUT2D eigenvalue weighted by atomic mass is 16.5. The number of hydrogen-bond donors (Lipinski definition) is 2. The fourth-order valence-corrected chi connectivity index (χ4v) is 3.74. The number of hydrogen-bond acceptors (Lipinski definition) is 8. The number of aryl methyl sites for hydroxylation is 1. The molecule has 0 radical (unpaired) electrons. The van der Waals surface area contributed by atoms with Crippen molar-refractivity contribution in [2.75, 3.05) is 30.4 Å². The van der Waals surface area contributed by atoms with Crippen molar-refractivity contribution < 1.29 is 9.53 Å². The highest BCUT2D eigenvalue weighted by molar-refractivity contribution is 5.92. The smallest absolute Gasteiger partial charge is 0.230 e. The first-order chi connectivity index (χ1) is 15.0. The van der Waals surface area contributed by atoms with Gasteiger partial charge in [0, 0.05) is 37.5 Å². The monoisotopic (exact) mass is 417 g/mol. The first-order valence-corrected chi connectivity index (χ1v) is 9.99. The number of anilines is 3. The number of benzene rings is 1. The van der Waals surface area contributed by atoms with E-state index in [0.717, 1.165) is 29.7 Å². The van der Waals surface area contributed by atoms with Gasteiger partial charge in [-0.3, -0.25) is 4.79 Å². The number of carbonyl (C=O) groups excluding carboxylic acids is 1. The molecule has 4 rings (SSSR count). The summed E-state index contributed by atoms with van der Waals surface area (Å²) in [6, 6.07) is 11.3. The first-order valence-electron chi connectivity index (χ1n) is 9.99. The average Bonchev–Trinajstić information content (AvgIpc) is 3.20. The molecule has 1 amide bonds. The molecule has 0 bridgehead atoms. The molecule has 1 aliphatic heterocycles. The molecule has 0 spiro atoms. The third-order valence-electron chi connectivity index (χ3n) is 5.23. The van der Waals surface area contributed by atoms with Crippen LogP contribution in [0.4, 0.5) is 17.6 Å². The normalized spacial score (nSPS) is 15.5. The Labute approximate surface area is 180 Å². The van der Waals surface area contributed by atoms with E-state index in [-0.39, 0.29) is 11.9 Å². The van der Waals surface area contributed by atoms with Crippen molar-refractivity contribution in [3.63, 3.8) is 0 Å². The Morgan fingerprint density at radius 1 is 1.26 bits per heavy atom. The summed E-state index contributed by atoms with van der Waals surface area (Å²) in [5.74, 6) is 2.41. The Balaban J connectivity index is 1.72.